The van der Waals surface area contributed by atoms with Crippen molar-refractivity contribution in [2.45, 2.75) is 17.9 Å². The highest BCUT2D eigenvalue weighted by atomic mass is 35.5. The van der Waals surface area contributed by atoms with Gasteiger partial charge in [-0.1, -0.05) is 41.9 Å². The molecule has 2 heterocycles. The first-order chi connectivity index (χ1) is 15.1. The minimum atomic E-state index is -5.34. The van der Waals surface area contributed by atoms with E-state index in [1.807, 2.05) is 0 Å². The van der Waals surface area contributed by atoms with Gasteiger partial charge in [0.1, 0.15) is 23.5 Å². The molecule has 3 aromatic rings. The standard InChI is InChI=1S/C22H16ClF3N2O4/c23-14-8-6-12(7-9-14)15-10-11-16(32-15)18-17(19(29)13-4-2-1-3-5-13)21(31,22(24,25)26)28-20(30)27-18/h1-11,17-18,31H,(H2,27,28,30)/t17-,18+,21-/m1/s1. The second-order valence-corrected chi connectivity index (χ2v) is 7.69. The van der Waals surface area contributed by atoms with Gasteiger partial charge in [0.25, 0.3) is 0 Å². The Morgan fingerprint density at radius 2 is 1.69 bits per heavy atom. The van der Waals surface area contributed by atoms with E-state index >= 15 is 0 Å². The van der Waals surface area contributed by atoms with Crippen LogP contribution in [0.3, 0.4) is 0 Å². The number of hydrogen-bond acceptors (Lipinski definition) is 4. The number of aliphatic hydroxyl groups is 1. The summed E-state index contributed by atoms with van der Waals surface area (Å²) in [5.74, 6) is -3.02. The molecule has 0 radical (unpaired) electrons. The molecule has 1 aliphatic rings. The number of furan rings is 1. The van der Waals surface area contributed by atoms with Crippen LogP contribution in [0.5, 0.6) is 0 Å². The van der Waals surface area contributed by atoms with Crippen LogP contribution in [0, 0.1) is 5.92 Å². The molecule has 6 nitrogen and oxygen atoms in total. The molecule has 1 saturated heterocycles. The fraction of sp³-hybridized carbons (Fsp3) is 0.182. The van der Waals surface area contributed by atoms with Crippen molar-refractivity contribution < 1.29 is 32.3 Å². The van der Waals surface area contributed by atoms with Gasteiger partial charge in [0, 0.05) is 16.1 Å². The Bertz CT molecular complexity index is 1150. The maximum Gasteiger partial charge on any atom is 0.437 e. The summed E-state index contributed by atoms with van der Waals surface area (Å²) in [7, 11) is 0. The lowest BCUT2D eigenvalue weighted by atomic mass is 9.79. The van der Waals surface area contributed by atoms with Crippen molar-refractivity contribution in [3.8, 4) is 11.3 Å². The molecule has 0 aliphatic carbocycles. The number of alkyl halides is 3. The first kappa shape index (κ1) is 21.9. The molecule has 1 aromatic heterocycles. The third-order valence-corrected chi connectivity index (χ3v) is 5.46. The number of rotatable bonds is 4. The normalized spacial score (nSPS) is 23.3. The van der Waals surface area contributed by atoms with Crippen LogP contribution in [-0.2, 0) is 0 Å². The fourth-order valence-electron chi connectivity index (χ4n) is 3.65. The predicted octanol–water partition coefficient (Wildman–Crippen LogP) is 4.70. The number of nitrogens with one attached hydrogen (secondary N) is 2. The highest BCUT2D eigenvalue weighted by molar-refractivity contribution is 6.30. The van der Waals surface area contributed by atoms with E-state index < -0.39 is 35.7 Å². The van der Waals surface area contributed by atoms with Crippen molar-refractivity contribution in [1.29, 1.82) is 0 Å². The molecule has 0 saturated carbocycles. The van der Waals surface area contributed by atoms with E-state index in [1.165, 1.54) is 41.7 Å². The van der Waals surface area contributed by atoms with Gasteiger partial charge < -0.3 is 20.2 Å². The Morgan fingerprint density at radius 3 is 2.31 bits per heavy atom. The van der Waals surface area contributed by atoms with Crippen molar-refractivity contribution in [3.63, 3.8) is 0 Å². The van der Waals surface area contributed by atoms with E-state index in [-0.39, 0.29) is 17.1 Å². The molecular formula is C22H16ClF3N2O4. The molecule has 3 atom stereocenters. The molecule has 0 spiro atoms. The first-order valence-corrected chi connectivity index (χ1v) is 9.80. The highest BCUT2D eigenvalue weighted by Crippen LogP contribution is 2.44. The number of ketones is 1. The Morgan fingerprint density at radius 1 is 1.03 bits per heavy atom. The molecule has 3 N–H and O–H groups in total. The molecule has 0 unspecified atom stereocenters. The van der Waals surface area contributed by atoms with Gasteiger partial charge in [-0.2, -0.15) is 13.2 Å². The van der Waals surface area contributed by atoms with Crippen molar-refractivity contribution in [2.24, 2.45) is 5.92 Å². The summed E-state index contributed by atoms with van der Waals surface area (Å²) in [6, 6.07) is 13.7. The van der Waals surface area contributed by atoms with Gasteiger partial charge in [0.2, 0.25) is 5.72 Å². The SMILES string of the molecule is O=C1N[C@@H](c2ccc(-c3ccc(Cl)cc3)o2)[C@H](C(=O)c2ccccc2)[C@@](O)(C(F)(F)F)N1. The summed E-state index contributed by atoms with van der Waals surface area (Å²) in [5.41, 5.74) is -3.30. The molecule has 4 rings (SSSR count). The van der Waals surface area contributed by atoms with Crippen LogP contribution < -0.4 is 10.6 Å². The van der Waals surface area contributed by atoms with Crippen molar-refractivity contribution in [3.05, 3.63) is 83.1 Å². The van der Waals surface area contributed by atoms with E-state index in [0.29, 0.717) is 10.6 Å². The van der Waals surface area contributed by atoms with Gasteiger partial charge in [-0.3, -0.25) is 4.79 Å². The van der Waals surface area contributed by atoms with E-state index in [1.54, 1.807) is 30.3 Å². The fourth-order valence-corrected chi connectivity index (χ4v) is 3.77. The van der Waals surface area contributed by atoms with Crippen LogP contribution in [0.4, 0.5) is 18.0 Å². The molecule has 1 fully saturated rings. The zero-order chi connectivity index (χ0) is 23.1. The number of hydrogen-bond donors (Lipinski definition) is 3. The van der Waals surface area contributed by atoms with E-state index in [0.717, 1.165) is 0 Å². The summed E-state index contributed by atoms with van der Waals surface area (Å²) in [6.45, 7) is 0. The van der Waals surface area contributed by atoms with Crippen LogP contribution in [0.25, 0.3) is 11.3 Å². The van der Waals surface area contributed by atoms with Crippen LogP contribution in [0.15, 0.2) is 71.1 Å². The lowest BCUT2D eigenvalue weighted by molar-refractivity contribution is -0.288. The van der Waals surface area contributed by atoms with Crippen LogP contribution in [0.1, 0.15) is 22.2 Å². The largest absolute Gasteiger partial charge is 0.459 e. The Labute approximate surface area is 185 Å². The van der Waals surface area contributed by atoms with Crippen molar-refractivity contribution >= 4 is 23.4 Å². The van der Waals surface area contributed by atoms with Gasteiger partial charge in [-0.25, -0.2) is 4.79 Å². The maximum atomic E-state index is 13.9. The molecular weight excluding hydrogens is 449 g/mol. The number of halogens is 4. The van der Waals surface area contributed by atoms with Gasteiger partial charge >= 0.3 is 12.2 Å². The minimum Gasteiger partial charge on any atom is -0.459 e. The number of carbonyl (C=O) groups is 2. The smallest absolute Gasteiger partial charge is 0.437 e. The number of urea groups is 1. The number of amides is 2. The van der Waals surface area contributed by atoms with Crippen molar-refractivity contribution in [2.75, 3.05) is 0 Å². The molecule has 2 aromatic carbocycles. The molecule has 32 heavy (non-hydrogen) atoms. The number of carbonyl (C=O) groups excluding carboxylic acids is 2. The lowest BCUT2D eigenvalue weighted by Gasteiger charge is -2.44. The summed E-state index contributed by atoms with van der Waals surface area (Å²) < 4.78 is 47.5. The number of benzene rings is 2. The third kappa shape index (κ3) is 3.85. The second-order valence-electron chi connectivity index (χ2n) is 7.26. The number of Topliss-reactive ketones (excluding diaryl/α,β-unsaturated/α-hetero) is 1. The zero-order valence-corrected chi connectivity index (χ0v) is 16.9. The molecule has 0 bridgehead atoms. The highest BCUT2D eigenvalue weighted by Gasteiger charge is 2.66. The summed E-state index contributed by atoms with van der Waals surface area (Å²) in [6.07, 6.45) is -5.34. The van der Waals surface area contributed by atoms with E-state index in [9.17, 15) is 27.9 Å². The summed E-state index contributed by atoms with van der Waals surface area (Å²) in [5, 5.41) is 14.8. The Kier molecular flexibility index (Phi) is 5.47. The molecule has 10 heteroatoms. The van der Waals surface area contributed by atoms with Gasteiger partial charge in [-0.15, -0.1) is 0 Å². The van der Waals surface area contributed by atoms with Gasteiger partial charge in [0.05, 0.1) is 0 Å². The van der Waals surface area contributed by atoms with Crippen LogP contribution >= 0.6 is 11.6 Å². The average Bonchev–Trinajstić information content (AvgIpc) is 3.23. The topological polar surface area (TPSA) is 91.6 Å². The third-order valence-electron chi connectivity index (χ3n) is 5.21. The summed E-state index contributed by atoms with van der Waals surface area (Å²) in [4.78, 5) is 25.2. The lowest BCUT2D eigenvalue weighted by Crippen LogP contribution is -2.72. The quantitative estimate of drug-likeness (QED) is 0.488. The predicted molar refractivity (Wildman–Crippen MR) is 109 cm³/mol. The minimum absolute atomic E-state index is 0.0624. The molecule has 1 aliphatic heterocycles. The van der Waals surface area contributed by atoms with Crippen molar-refractivity contribution in [1.82, 2.24) is 10.6 Å². The second kappa shape index (κ2) is 7.99. The van der Waals surface area contributed by atoms with Gasteiger partial charge in [0.15, 0.2) is 5.78 Å². The van der Waals surface area contributed by atoms with E-state index in [2.05, 4.69) is 5.32 Å². The van der Waals surface area contributed by atoms with Crippen LogP contribution in [0.2, 0.25) is 5.02 Å². The maximum absolute atomic E-state index is 13.9. The van der Waals surface area contributed by atoms with Crippen LogP contribution in [-0.4, -0.2) is 28.8 Å². The molecule has 2 amide bonds. The van der Waals surface area contributed by atoms with E-state index in [4.69, 9.17) is 16.0 Å². The summed E-state index contributed by atoms with van der Waals surface area (Å²) >= 11 is 5.87. The Hall–Kier alpha value is -3.30. The zero-order valence-electron chi connectivity index (χ0n) is 16.2. The van der Waals surface area contributed by atoms with Gasteiger partial charge in [-0.05, 0) is 36.4 Å². The average molecular weight is 465 g/mol. The monoisotopic (exact) mass is 464 g/mol. The first-order valence-electron chi connectivity index (χ1n) is 9.43. The Balaban J connectivity index is 1.80. The molecule has 166 valence electrons.